The van der Waals surface area contributed by atoms with Crippen molar-refractivity contribution in [3.8, 4) is 0 Å². The molecule has 1 radical (unpaired) electrons. The van der Waals surface area contributed by atoms with Gasteiger partial charge in [-0.2, -0.15) is 0 Å². The molecule has 207 valence electrons. The van der Waals surface area contributed by atoms with E-state index in [2.05, 4.69) is 0 Å². The van der Waals surface area contributed by atoms with Gasteiger partial charge >= 0.3 is 35.8 Å². The molecule has 34 heavy (non-hydrogen) atoms. The molecule has 21 nitrogen and oxygen atoms in total. The van der Waals surface area contributed by atoms with Crippen LogP contribution in [0.4, 0.5) is 0 Å². The number of aliphatic hydroxyl groups is 6. The van der Waals surface area contributed by atoms with Crippen molar-refractivity contribution in [3.05, 3.63) is 0 Å². The summed E-state index contributed by atoms with van der Waals surface area (Å²) in [5.74, 6) is -10.6. The van der Waals surface area contributed by atoms with Gasteiger partial charge < -0.3 is 77.7 Å². The van der Waals surface area contributed by atoms with Crippen molar-refractivity contribution in [2.24, 2.45) is 0 Å². The number of aliphatic hydroxyl groups excluding tert-OH is 6. The molecule has 0 aromatic carbocycles. The van der Waals surface area contributed by atoms with Gasteiger partial charge in [0.15, 0.2) is 36.6 Å². The van der Waals surface area contributed by atoms with Crippen LogP contribution in [0.5, 0.6) is 0 Å². The Hall–Kier alpha value is -2.25. The summed E-state index contributed by atoms with van der Waals surface area (Å²) in [4.78, 5) is 58.6. The Morgan fingerprint density at radius 3 is 0.412 bits per heavy atom. The van der Waals surface area contributed by atoms with Gasteiger partial charge in [0.05, 0.1) is 0 Å². The third-order valence-electron chi connectivity index (χ3n) is 2.42. The third kappa shape index (κ3) is 21.6. The van der Waals surface area contributed by atoms with E-state index in [9.17, 15) is 28.8 Å². The molecule has 0 aliphatic rings. The van der Waals surface area contributed by atoms with Gasteiger partial charge in [-0.05, 0) is 0 Å². The second-order valence-electron chi connectivity index (χ2n) is 4.70. The smallest absolute Gasteiger partial charge is 0.335 e. The molecular weight excluding hydrogens is 639 g/mol. The zero-order chi connectivity index (χ0) is 24.9. The molecule has 0 aliphatic heterocycles. The van der Waals surface area contributed by atoms with Gasteiger partial charge in [-0.1, -0.05) is 0 Å². The van der Waals surface area contributed by atoms with Crippen molar-refractivity contribution >= 4 is 35.8 Å². The standard InChI is InChI=1S/3C4H6O6.3H2O.Tb/c3*5-1(3(7)8)2(6)4(9)10;;;;/h3*1-2,5-6H,(H,7,8)(H,9,10);3*1H2;. The predicted molar refractivity (Wildman–Crippen MR) is 92.7 cm³/mol. The summed E-state index contributed by atoms with van der Waals surface area (Å²) in [6.45, 7) is 0. The maximum atomic E-state index is 9.77. The molecule has 0 spiro atoms. The molecule has 0 bridgehead atoms. The Balaban J connectivity index is -0.0000000607. The van der Waals surface area contributed by atoms with Crippen LogP contribution in [0.3, 0.4) is 0 Å². The quantitative estimate of drug-likeness (QED) is 0.109. The van der Waals surface area contributed by atoms with E-state index in [0.29, 0.717) is 0 Å². The fourth-order valence-electron chi connectivity index (χ4n) is 0.810. The number of carbonyl (C=O) groups is 6. The fourth-order valence-corrected chi connectivity index (χ4v) is 0.810. The first-order valence-corrected chi connectivity index (χ1v) is 6.85. The van der Waals surface area contributed by atoms with Crippen LogP contribution in [-0.4, -0.2) is 150 Å². The largest absolute Gasteiger partial charge is 0.479 e. The second-order valence-corrected chi connectivity index (χ2v) is 4.70. The summed E-state index contributed by atoms with van der Waals surface area (Å²) in [6, 6.07) is 0. The Morgan fingerprint density at radius 2 is 0.382 bits per heavy atom. The van der Waals surface area contributed by atoms with Gasteiger partial charge in [0.1, 0.15) is 0 Å². The van der Waals surface area contributed by atoms with Gasteiger partial charge in [-0.15, -0.1) is 0 Å². The van der Waals surface area contributed by atoms with E-state index < -0.39 is 72.4 Å². The number of rotatable bonds is 9. The molecule has 0 aromatic rings. The van der Waals surface area contributed by atoms with Gasteiger partial charge in [0, 0.05) is 38.6 Å². The Kier molecular flexibility index (Phi) is 34.4. The number of carboxylic acid groups (broad SMARTS) is 6. The van der Waals surface area contributed by atoms with E-state index in [0.717, 1.165) is 0 Å². The zero-order valence-electron chi connectivity index (χ0n) is 16.1. The molecule has 22 heteroatoms. The van der Waals surface area contributed by atoms with E-state index in [1.807, 2.05) is 0 Å². The van der Waals surface area contributed by atoms with Crippen LogP contribution in [0.15, 0.2) is 0 Å². The maximum absolute atomic E-state index is 9.77. The summed E-state index contributed by atoms with van der Waals surface area (Å²) in [6.07, 6.45) is -13.6. The Bertz CT molecular complexity index is 496. The molecule has 0 rings (SSSR count). The normalized spacial score (nSPS) is 13.9. The molecule has 0 fully saturated rings. The van der Waals surface area contributed by atoms with Crippen molar-refractivity contribution in [1.82, 2.24) is 0 Å². The topological polar surface area (TPSA) is 440 Å². The first kappa shape index (κ1) is 49.0. The first-order chi connectivity index (χ1) is 13.4. The molecule has 6 atom stereocenters. The fraction of sp³-hybridized carbons (Fsp3) is 0.500. The van der Waals surface area contributed by atoms with Gasteiger partial charge in [-0.3, -0.25) is 0 Å². The van der Waals surface area contributed by atoms with E-state index in [1.54, 1.807) is 0 Å². The maximum Gasteiger partial charge on any atom is 0.335 e. The Labute approximate surface area is 217 Å². The van der Waals surface area contributed by atoms with Crippen molar-refractivity contribution in [2.75, 3.05) is 0 Å². The van der Waals surface area contributed by atoms with Crippen LogP contribution in [0, 0.1) is 38.6 Å². The molecule has 0 aliphatic carbocycles. The summed E-state index contributed by atoms with van der Waals surface area (Å²) in [5, 5.41) is 97.6. The minimum atomic E-state index is -2.27. The minimum absolute atomic E-state index is 0. The Morgan fingerprint density at radius 1 is 0.324 bits per heavy atom. The monoisotopic (exact) mass is 663 g/mol. The minimum Gasteiger partial charge on any atom is -0.479 e. The molecule has 0 aromatic heterocycles. The summed E-state index contributed by atoms with van der Waals surface area (Å²) >= 11 is 0. The number of hydrogen-bond donors (Lipinski definition) is 12. The molecule has 18 N–H and O–H groups in total. The molecule has 6 unspecified atom stereocenters. The average Bonchev–Trinajstić information content (AvgIpc) is 2.64. The molecule has 0 amide bonds. The van der Waals surface area contributed by atoms with Gasteiger partial charge in [0.2, 0.25) is 0 Å². The van der Waals surface area contributed by atoms with Crippen LogP contribution in [0.1, 0.15) is 0 Å². The van der Waals surface area contributed by atoms with Crippen molar-refractivity contribution < 1.29 is 145 Å². The van der Waals surface area contributed by atoms with Crippen LogP contribution >= 0.6 is 0 Å². The zero-order valence-corrected chi connectivity index (χ0v) is 18.3. The first-order valence-electron chi connectivity index (χ1n) is 6.85. The van der Waals surface area contributed by atoms with Crippen LogP contribution < -0.4 is 0 Å². The number of carboxylic acids is 6. The van der Waals surface area contributed by atoms with Crippen molar-refractivity contribution in [1.29, 1.82) is 0 Å². The molecule has 0 heterocycles. The van der Waals surface area contributed by atoms with E-state index >= 15 is 0 Å². The summed E-state index contributed by atoms with van der Waals surface area (Å²) in [5.41, 5.74) is 0. The van der Waals surface area contributed by atoms with Crippen molar-refractivity contribution in [3.63, 3.8) is 0 Å². The van der Waals surface area contributed by atoms with Crippen LogP contribution in [-0.2, 0) is 28.8 Å². The second kappa shape index (κ2) is 23.9. The summed E-state index contributed by atoms with van der Waals surface area (Å²) in [7, 11) is 0. The third-order valence-corrected chi connectivity index (χ3v) is 2.42. The van der Waals surface area contributed by atoms with Crippen LogP contribution in [0.25, 0.3) is 0 Å². The SMILES string of the molecule is O.O.O.O=C(O)C(O)C(O)C(=O)O.O=C(O)C(O)C(O)C(=O)O.O=C(O)C(O)C(O)C(=O)O.[Tb]. The molecular formula is C12H24O21Tb. The molecule has 0 saturated heterocycles. The van der Waals surface area contributed by atoms with Gasteiger partial charge in [-0.25, -0.2) is 28.8 Å². The van der Waals surface area contributed by atoms with Gasteiger partial charge in [0.25, 0.3) is 0 Å². The van der Waals surface area contributed by atoms with E-state index in [1.165, 1.54) is 0 Å². The summed E-state index contributed by atoms with van der Waals surface area (Å²) < 4.78 is 0. The predicted octanol–water partition coefficient (Wildman–Crippen LogP) is -8.84. The number of aliphatic carboxylic acids is 6. The number of hydrogen-bond acceptors (Lipinski definition) is 12. The van der Waals surface area contributed by atoms with E-state index in [4.69, 9.17) is 61.3 Å². The van der Waals surface area contributed by atoms with Crippen molar-refractivity contribution in [2.45, 2.75) is 36.6 Å². The average molecular weight is 663 g/mol. The van der Waals surface area contributed by atoms with Crippen LogP contribution in [0.2, 0.25) is 0 Å². The van der Waals surface area contributed by atoms with E-state index in [-0.39, 0.29) is 55.0 Å². The molecule has 0 saturated carbocycles.